The highest BCUT2D eigenvalue weighted by Gasteiger charge is 2.37. The molecule has 1 atom stereocenters. The van der Waals surface area contributed by atoms with E-state index in [0.29, 0.717) is 35.3 Å². The topological polar surface area (TPSA) is 119 Å². The summed E-state index contributed by atoms with van der Waals surface area (Å²) < 4.78 is 0. The van der Waals surface area contributed by atoms with Gasteiger partial charge in [-0.15, -0.1) is 0 Å². The summed E-state index contributed by atoms with van der Waals surface area (Å²) in [5.74, 6) is 1.58. The fraction of sp³-hybridized carbons (Fsp3) is 0.458. The van der Waals surface area contributed by atoms with Crippen LogP contribution in [0.3, 0.4) is 0 Å². The Morgan fingerprint density at radius 1 is 1.42 bits per heavy atom. The molecule has 9 heteroatoms. The molecule has 1 aromatic heterocycles. The summed E-state index contributed by atoms with van der Waals surface area (Å²) in [6.45, 7) is 6.67. The second-order valence-electron chi connectivity index (χ2n) is 8.68. The monoisotopic (exact) mass is 453 g/mol. The molecule has 0 saturated heterocycles. The molecule has 9 nitrogen and oxygen atoms in total. The van der Waals surface area contributed by atoms with Crippen LogP contribution in [-0.4, -0.2) is 64.4 Å². The summed E-state index contributed by atoms with van der Waals surface area (Å²) in [6, 6.07) is 4.04. The van der Waals surface area contributed by atoms with E-state index >= 15 is 0 Å². The van der Waals surface area contributed by atoms with Gasteiger partial charge in [-0.2, -0.15) is 0 Å². The fourth-order valence-electron chi connectivity index (χ4n) is 3.96. The van der Waals surface area contributed by atoms with Gasteiger partial charge >= 0.3 is 0 Å². The first kappa shape index (κ1) is 24.5. The van der Waals surface area contributed by atoms with E-state index in [1.165, 1.54) is 6.20 Å². The second-order valence-corrected chi connectivity index (χ2v) is 8.68. The minimum absolute atomic E-state index is 0.0234. The smallest absolute Gasteiger partial charge is 0.270 e. The SMILES string of the molecule is C=C(/N=C1\C(=C/N)C=C(C(=O)N(C)C)N1C1CCCC1)Nc1ccc(CN[C@H](C)CO)cn1. The van der Waals surface area contributed by atoms with Crippen LogP contribution < -0.4 is 16.4 Å². The lowest BCUT2D eigenvalue weighted by molar-refractivity contribution is -0.126. The van der Waals surface area contributed by atoms with Gasteiger partial charge in [0.15, 0.2) is 0 Å². The van der Waals surface area contributed by atoms with Gasteiger partial charge in [-0.1, -0.05) is 25.5 Å². The number of anilines is 1. The van der Waals surface area contributed by atoms with Crippen LogP contribution in [0.5, 0.6) is 0 Å². The quantitative estimate of drug-likeness (QED) is 0.451. The first-order valence-electron chi connectivity index (χ1n) is 11.3. The van der Waals surface area contributed by atoms with Crippen LogP contribution in [0, 0.1) is 0 Å². The number of aliphatic imine (C=N–C) groups is 1. The van der Waals surface area contributed by atoms with Gasteiger partial charge in [-0.25, -0.2) is 9.98 Å². The van der Waals surface area contributed by atoms with Gasteiger partial charge in [0.2, 0.25) is 0 Å². The Kier molecular flexibility index (Phi) is 8.24. The van der Waals surface area contributed by atoms with Crippen molar-refractivity contribution in [3.8, 4) is 0 Å². The van der Waals surface area contributed by atoms with Crippen molar-refractivity contribution in [2.45, 2.75) is 51.2 Å². The van der Waals surface area contributed by atoms with Gasteiger partial charge in [0.1, 0.15) is 23.2 Å². The number of pyridine rings is 1. The van der Waals surface area contributed by atoms with Gasteiger partial charge in [-0.3, -0.25) is 4.79 Å². The molecule has 0 radical (unpaired) electrons. The molecule has 2 heterocycles. The first-order chi connectivity index (χ1) is 15.8. The third-order valence-electron chi connectivity index (χ3n) is 5.80. The Hall–Kier alpha value is -3.17. The Morgan fingerprint density at radius 2 is 2.15 bits per heavy atom. The van der Waals surface area contributed by atoms with E-state index < -0.39 is 0 Å². The molecule has 2 aliphatic rings. The molecular weight excluding hydrogens is 418 g/mol. The molecule has 178 valence electrons. The number of amides is 1. The largest absolute Gasteiger partial charge is 0.404 e. The molecule has 1 amide bonds. The number of amidine groups is 1. The number of carbonyl (C=O) groups excluding carboxylic acids is 1. The molecule has 1 aliphatic heterocycles. The Morgan fingerprint density at radius 3 is 2.73 bits per heavy atom. The summed E-state index contributed by atoms with van der Waals surface area (Å²) >= 11 is 0. The maximum atomic E-state index is 12.9. The summed E-state index contributed by atoms with van der Waals surface area (Å²) in [6.07, 6.45) is 9.31. The van der Waals surface area contributed by atoms with Gasteiger partial charge in [-0.05, 0) is 37.5 Å². The lowest BCUT2D eigenvalue weighted by atomic mass is 10.2. The number of nitrogens with one attached hydrogen (secondary N) is 2. The molecule has 0 spiro atoms. The fourth-order valence-corrected chi connectivity index (χ4v) is 3.96. The summed E-state index contributed by atoms with van der Waals surface area (Å²) in [7, 11) is 3.49. The number of aromatic nitrogens is 1. The highest BCUT2D eigenvalue weighted by Crippen LogP contribution is 2.33. The number of aliphatic hydroxyl groups excluding tert-OH is 1. The van der Waals surface area contributed by atoms with Gasteiger partial charge in [0.05, 0.1) is 6.61 Å². The maximum Gasteiger partial charge on any atom is 0.270 e. The number of hydrogen-bond donors (Lipinski definition) is 4. The second kappa shape index (κ2) is 11.1. The number of rotatable bonds is 9. The molecule has 33 heavy (non-hydrogen) atoms. The van der Waals surface area contributed by atoms with Crippen molar-refractivity contribution in [3.05, 3.63) is 59.8 Å². The predicted octanol–water partition coefficient (Wildman–Crippen LogP) is 1.91. The number of aliphatic hydroxyl groups is 1. The highest BCUT2D eigenvalue weighted by molar-refractivity contribution is 6.12. The van der Waals surface area contributed by atoms with Crippen LogP contribution in [0.1, 0.15) is 38.2 Å². The number of nitrogens with zero attached hydrogens (tertiary/aromatic N) is 4. The maximum absolute atomic E-state index is 12.9. The number of nitrogens with two attached hydrogens (primary N) is 1. The van der Waals surface area contributed by atoms with Crippen molar-refractivity contribution < 1.29 is 9.90 Å². The number of hydrogen-bond acceptors (Lipinski definition) is 7. The third-order valence-corrected chi connectivity index (χ3v) is 5.80. The minimum atomic E-state index is -0.0774. The van der Waals surface area contributed by atoms with Crippen LogP contribution in [0.25, 0.3) is 0 Å². The van der Waals surface area contributed by atoms with Crippen molar-refractivity contribution >= 4 is 17.6 Å². The van der Waals surface area contributed by atoms with Gasteiger partial charge in [0, 0.05) is 50.7 Å². The minimum Gasteiger partial charge on any atom is -0.404 e. The van der Waals surface area contributed by atoms with Crippen molar-refractivity contribution in [2.24, 2.45) is 10.7 Å². The van der Waals surface area contributed by atoms with E-state index in [2.05, 4.69) is 22.2 Å². The van der Waals surface area contributed by atoms with E-state index in [9.17, 15) is 4.79 Å². The summed E-state index contributed by atoms with van der Waals surface area (Å²) in [4.78, 5) is 25.6. The molecule has 0 aromatic carbocycles. The standard InChI is InChI=1S/C24H35N7O2/c1-16(15-32)26-13-18-9-10-22(27-14-18)28-17(2)29-23-19(12-25)11-21(24(33)30(3)4)31(23)20-7-5-6-8-20/h9-12,14,16,20,26,32H,2,5-8,13,15,25H2,1,3-4H3,(H,27,28)/b19-12-,29-23+/t16-/m1/s1. The number of carbonyl (C=O) groups is 1. The number of likely N-dealkylation sites (N-methyl/N-ethyl adjacent to an activating group) is 1. The van der Waals surface area contributed by atoms with E-state index in [1.807, 2.05) is 24.0 Å². The Bertz CT molecular complexity index is 944. The molecule has 0 bridgehead atoms. The predicted molar refractivity (Wildman–Crippen MR) is 131 cm³/mol. The van der Waals surface area contributed by atoms with Crippen molar-refractivity contribution in [3.63, 3.8) is 0 Å². The first-order valence-corrected chi connectivity index (χ1v) is 11.3. The summed E-state index contributed by atoms with van der Waals surface area (Å²) in [5, 5.41) is 15.5. The molecule has 0 unspecified atom stereocenters. The van der Waals surface area contributed by atoms with E-state index in [1.54, 1.807) is 31.3 Å². The normalized spacial score (nSPS) is 19.8. The lowest BCUT2D eigenvalue weighted by Crippen LogP contribution is -2.40. The van der Waals surface area contributed by atoms with Crippen LogP contribution >= 0.6 is 0 Å². The van der Waals surface area contributed by atoms with E-state index in [0.717, 1.165) is 31.2 Å². The highest BCUT2D eigenvalue weighted by atomic mass is 16.3. The van der Waals surface area contributed by atoms with Crippen LogP contribution in [0.2, 0.25) is 0 Å². The molecule has 1 fully saturated rings. The van der Waals surface area contributed by atoms with Crippen molar-refractivity contribution in [1.29, 1.82) is 0 Å². The zero-order chi connectivity index (χ0) is 24.0. The van der Waals surface area contributed by atoms with Crippen LogP contribution in [0.15, 0.2) is 59.3 Å². The third kappa shape index (κ3) is 6.00. The zero-order valence-electron chi connectivity index (χ0n) is 19.7. The average molecular weight is 454 g/mol. The molecular formula is C24H35N7O2. The molecule has 1 saturated carbocycles. The van der Waals surface area contributed by atoms with Crippen molar-refractivity contribution in [2.75, 3.05) is 26.0 Å². The summed E-state index contributed by atoms with van der Waals surface area (Å²) in [5.41, 5.74) is 8.19. The van der Waals surface area contributed by atoms with Crippen LogP contribution in [0.4, 0.5) is 5.82 Å². The Labute approximate surface area is 195 Å². The molecule has 1 aliphatic carbocycles. The molecule has 3 rings (SSSR count). The molecule has 5 N–H and O–H groups in total. The zero-order valence-corrected chi connectivity index (χ0v) is 19.7. The van der Waals surface area contributed by atoms with E-state index in [-0.39, 0.29) is 24.6 Å². The average Bonchev–Trinajstić information content (AvgIpc) is 3.45. The molecule has 1 aromatic rings. The van der Waals surface area contributed by atoms with Gasteiger partial charge in [0.25, 0.3) is 5.91 Å². The lowest BCUT2D eigenvalue weighted by Gasteiger charge is -2.30. The van der Waals surface area contributed by atoms with Crippen LogP contribution in [-0.2, 0) is 11.3 Å². The van der Waals surface area contributed by atoms with Crippen molar-refractivity contribution in [1.82, 2.24) is 20.1 Å². The van der Waals surface area contributed by atoms with Gasteiger partial charge < -0.3 is 31.3 Å². The Balaban J connectivity index is 1.77. The van der Waals surface area contributed by atoms with E-state index in [4.69, 9.17) is 15.8 Å².